The molecule has 1 saturated heterocycles. The summed E-state index contributed by atoms with van der Waals surface area (Å²) >= 11 is 0. The summed E-state index contributed by atoms with van der Waals surface area (Å²) in [6, 6.07) is -0.0839. The number of nitrogens with one attached hydrogen (secondary N) is 1. The summed E-state index contributed by atoms with van der Waals surface area (Å²) in [7, 11) is 0. The summed E-state index contributed by atoms with van der Waals surface area (Å²) in [6.45, 7) is 12.8. The third-order valence-electron chi connectivity index (χ3n) is 3.74. The quantitative estimate of drug-likeness (QED) is 0.779. The van der Waals surface area contributed by atoms with Gasteiger partial charge in [-0.1, -0.05) is 41.5 Å². The minimum atomic E-state index is -0.249. The Morgan fingerprint density at radius 3 is 2.30 bits per heavy atom. The van der Waals surface area contributed by atoms with Crippen molar-refractivity contribution in [3.8, 4) is 0 Å². The van der Waals surface area contributed by atoms with E-state index in [0.717, 1.165) is 12.8 Å². The van der Waals surface area contributed by atoms with Gasteiger partial charge in [0.2, 0.25) is 5.91 Å². The standard InChI is InChI=1S/C16H30N2O2/c1-10(2)9-14(15(19)11(3)4)18-8-7-13(16(18)20)17-12(5)6/h10-14,17H,7-9H2,1-6H3/t13-,14-/m0/s1. The van der Waals surface area contributed by atoms with Crippen molar-refractivity contribution < 1.29 is 9.59 Å². The zero-order valence-corrected chi connectivity index (χ0v) is 13.8. The number of ketones is 1. The number of carbonyl (C=O) groups is 2. The number of likely N-dealkylation sites (tertiary alicyclic amines) is 1. The summed E-state index contributed by atoms with van der Waals surface area (Å²) < 4.78 is 0. The number of carbonyl (C=O) groups excluding carboxylic acids is 2. The molecule has 1 heterocycles. The smallest absolute Gasteiger partial charge is 0.240 e. The second-order valence-corrected chi connectivity index (χ2v) is 6.90. The van der Waals surface area contributed by atoms with Gasteiger partial charge in [-0.15, -0.1) is 0 Å². The van der Waals surface area contributed by atoms with Crippen molar-refractivity contribution in [2.75, 3.05) is 6.54 Å². The highest BCUT2D eigenvalue weighted by Crippen LogP contribution is 2.22. The first-order chi connectivity index (χ1) is 9.23. The number of rotatable bonds is 7. The summed E-state index contributed by atoms with van der Waals surface area (Å²) in [6.07, 6.45) is 1.56. The molecule has 0 aromatic heterocycles. The van der Waals surface area contributed by atoms with Crippen LogP contribution in [0.1, 0.15) is 54.4 Å². The number of nitrogens with zero attached hydrogens (tertiary/aromatic N) is 1. The van der Waals surface area contributed by atoms with E-state index in [1.807, 2.05) is 32.6 Å². The van der Waals surface area contributed by atoms with E-state index in [9.17, 15) is 9.59 Å². The lowest BCUT2D eigenvalue weighted by Crippen LogP contribution is -2.48. The van der Waals surface area contributed by atoms with Crippen LogP contribution in [0.2, 0.25) is 0 Å². The van der Waals surface area contributed by atoms with E-state index < -0.39 is 0 Å². The van der Waals surface area contributed by atoms with Crippen LogP contribution in [-0.2, 0) is 9.59 Å². The Morgan fingerprint density at radius 2 is 1.85 bits per heavy atom. The first kappa shape index (κ1) is 17.2. The van der Waals surface area contributed by atoms with Crippen LogP contribution in [0.4, 0.5) is 0 Å². The second-order valence-electron chi connectivity index (χ2n) is 6.90. The highest BCUT2D eigenvalue weighted by molar-refractivity contribution is 5.92. The van der Waals surface area contributed by atoms with Gasteiger partial charge in [-0.25, -0.2) is 0 Å². The second kappa shape index (κ2) is 7.21. The van der Waals surface area contributed by atoms with E-state index in [0.29, 0.717) is 12.5 Å². The first-order valence-electron chi connectivity index (χ1n) is 7.84. The molecular formula is C16H30N2O2. The largest absolute Gasteiger partial charge is 0.331 e. The summed E-state index contributed by atoms with van der Waals surface area (Å²) in [5.74, 6) is 0.673. The van der Waals surface area contributed by atoms with Crippen molar-refractivity contribution in [2.45, 2.75) is 72.5 Å². The van der Waals surface area contributed by atoms with Gasteiger partial charge in [0.05, 0.1) is 12.1 Å². The fraction of sp³-hybridized carbons (Fsp3) is 0.875. The van der Waals surface area contributed by atoms with Crippen molar-refractivity contribution in [2.24, 2.45) is 11.8 Å². The van der Waals surface area contributed by atoms with Gasteiger partial charge in [0, 0.05) is 18.5 Å². The lowest BCUT2D eigenvalue weighted by molar-refractivity contribution is -0.139. The zero-order chi connectivity index (χ0) is 15.4. The average Bonchev–Trinajstić information content (AvgIpc) is 2.66. The van der Waals surface area contributed by atoms with Gasteiger partial charge in [0.1, 0.15) is 0 Å². The van der Waals surface area contributed by atoms with Crippen LogP contribution in [0, 0.1) is 11.8 Å². The number of Topliss-reactive ketones (excluding diaryl/α,β-unsaturated/α-hetero) is 1. The van der Waals surface area contributed by atoms with Crippen molar-refractivity contribution in [1.82, 2.24) is 10.2 Å². The van der Waals surface area contributed by atoms with Crippen molar-refractivity contribution >= 4 is 11.7 Å². The normalized spacial score (nSPS) is 21.4. The van der Waals surface area contributed by atoms with Crippen LogP contribution < -0.4 is 5.32 Å². The monoisotopic (exact) mass is 282 g/mol. The molecule has 1 fully saturated rings. The molecule has 0 radical (unpaired) electrons. The molecule has 0 unspecified atom stereocenters. The summed E-state index contributed by atoms with van der Waals surface area (Å²) in [5, 5.41) is 3.30. The van der Waals surface area contributed by atoms with Gasteiger partial charge < -0.3 is 10.2 Å². The molecule has 1 amide bonds. The predicted molar refractivity (Wildman–Crippen MR) is 81.5 cm³/mol. The van der Waals surface area contributed by atoms with Crippen LogP contribution in [0.15, 0.2) is 0 Å². The van der Waals surface area contributed by atoms with Gasteiger partial charge >= 0.3 is 0 Å². The Kier molecular flexibility index (Phi) is 6.18. The first-order valence-corrected chi connectivity index (χ1v) is 7.84. The molecule has 4 heteroatoms. The molecular weight excluding hydrogens is 252 g/mol. The number of hydrogen-bond acceptors (Lipinski definition) is 3. The molecule has 1 aliphatic heterocycles. The maximum absolute atomic E-state index is 12.5. The Bertz CT molecular complexity index is 350. The lowest BCUT2D eigenvalue weighted by Gasteiger charge is -2.30. The van der Waals surface area contributed by atoms with Crippen LogP contribution in [0.3, 0.4) is 0 Å². The van der Waals surface area contributed by atoms with Crippen LogP contribution in [-0.4, -0.2) is 41.3 Å². The maximum atomic E-state index is 12.5. The van der Waals surface area contributed by atoms with E-state index in [-0.39, 0.29) is 35.7 Å². The summed E-state index contributed by atoms with van der Waals surface area (Å²) in [4.78, 5) is 26.7. The number of hydrogen-bond donors (Lipinski definition) is 1. The Hall–Kier alpha value is -0.900. The third kappa shape index (κ3) is 4.30. The van der Waals surface area contributed by atoms with Crippen LogP contribution >= 0.6 is 0 Å². The minimum Gasteiger partial charge on any atom is -0.331 e. The van der Waals surface area contributed by atoms with Gasteiger partial charge in [-0.3, -0.25) is 9.59 Å². The molecule has 20 heavy (non-hydrogen) atoms. The topological polar surface area (TPSA) is 49.4 Å². The average molecular weight is 282 g/mol. The predicted octanol–water partition coefficient (Wildman–Crippen LogP) is 2.23. The fourth-order valence-electron chi connectivity index (χ4n) is 2.80. The molecule has 1 aliphatic rings. The highest BCUT2D eigenvalue weighted by Gasteiger charge is 2.39. The Balaban J connectivity index is 2.82. The van der Waals surface area contributed by atoms with E-state index in [2.05, 4.69) is 19.2 Å². The minimum absolute atomic E-state index is 0.0244. The molecule has 2 atom stereocenters. The molecule has 0 aliphatic carbocycles. The molecule has 0 saturated carbocycles. The third-order valence-corrected chi connectivity index (χ3v) is 3.74. The zero-order valence-electron chi connectivity index (χ0n) is 13.8. The SMILES string of the molecule is CC(C)C[C@@H](C(=O)C(C)C)N1CC[C@H](NC(C)C)C1=O. The molecule has 1 N–H and O–H groups in total. The Morgan fingerprint density at radius 1 is 1.25 bits per heavy atom. The Labute approximate surface area is 123 Å². The molecule has 0 aromatic rings. The van der Waals surface area contributed by atoms with Gasteiger partial charge in [-0.2, -0.15) is 0 Å². The van der Waals surface area contributed by atoms with Gasteiger partial charge in [0.15, 0.2) is 5.78 Å². The van der Waals surface area contributed by atoms with Crippen molar-refractivity contribution in [3.63, 3.8) is 0 Å². The molecule has 1 rings (SSSR count). The molecule has 4 nitrogen and oxygen atoms in total. The van der Waals surface area contributed by atoms with E-state index in [4.69, 9.17) is 0 Å². The van der Waals surface area contributed by atoms with E-state index in [1.54, 1.807) is 0 Å². The highest BCUT2D eigenvalue weighted by atomic mass is 16.2. The van der Waals surface area contributed by atoms with Gasteiger partial charge in [0.25, 0.3) is 0 Å². The van der Waals surface area contributed by atoms with Gasteiger partial charge in [-0.05, 0) is 18.8 Å². The molecule has 0 aromatic carbocycles. The van der Waals surface area contributed by atoms with Crippen molar-refractivity contribution in [1.29, 1.82) is 0 Å². The molecule has 116 valence electrons. The summed E-state index contributed by atoms with van der Waals surface area (Å²) in [5.41, 5.74) is 0. The van der Waals surface area contributed by atoms with Crippen molar-refractivity contribution in [3.05, 3.63) is 0 Å². The maximum Gasteiger partial charge on any atom is 0.240 e. The van der Waals surface area contributed by atoms with Crippen LogP contribution in [0.5, 0.6) is 0 Å². The molecule has 0 spiro atoms. The molecule has 0 bridgehead atoms. The van der Waals surface area contributed by atoms with E-state index in [1.165, 1.54) is 0 Å². The van der Waals surface area contributed by atoms with E-state index >= 15 is 0 Å². The van der Waals surface area contributed by atoms with Crippen LogP contribution in [0.25, 0.3) is 0 Å². The number of amides is 1. The fourth-order valence-corrected chi connectivity index (χ4v) is 2.80. The lowest BCUT2D eigenvalue weighted by atomic mass is 9.93.